The van der Waals surface area contributed by atoms with E-state index in [9.17, 15) is 14.4 Å². The van der Waals surface area contributed by atoms with Crippen LogP contribution in [0.2, 0.25) is 0 Å². The van der Waals surface area contributed by atoms with Crippen molar-refractivity contribution in [2.75, 3.05) is 14.2 Å². The zero-order chi connectivity index (χ0) is 22.0. The fourth-order valence-electron chi connectivity index (χ4n) is 3.83. The molecule has 0 aliphatic heterocycles. The number of esters is 2. The van der Waals surface area contributed by atoms with E-state index in [-0.39, 0.29) is 17.4 Å². The van der Waals surface area contributed by atoms with Gasteiger partial charge in [0.1, 0.15) is 6.29 Å². The highest BCUT2D eigenvalue weighted by molar-refractivity contribution is 5.89. The Morgan fingerprint density at radius 1 is 0.833 bits per heavy atom. The Balaban J connectivity index is 2.28. The number of methoxy groups -OCH3 is 2. The van der Waals surface area contributed by atoms with Crippen LogP contribution >= 0.6 is 0 Å². The highest BCUT2D eigenvalue weighted by Crippen LogP contribution is 2.36. The molecule has 2 aromatic carbocycles. The van der Waals surface area contributed by atoms with Crippen LogP contribution in [-0.4, -0.2) is 32.4 Å². The van der Waals surface area contributed by atoms with Crippen molar-refractivity contribution in [1.82, 2.24) is 0 Å². The van der Waals surface area contributed by atoms with Crippen LogP contribution in [0.1, 0.15) is 64.4 Å². The standard InChI is InChI=1S/C25H30O5/c1-4-5-14-25(15-16-26,17-19-6-10-21(11-7-19)23(27)29-2)18-20-8-12-22(13-9-20)24(28)30-3/h6-13,16H,4-5,14-15,17-18H2,1-3H3. The second-order valence-corrected chi connectivity index (χ2v) is 7.70. The van der Waals surface area contributed by atoms with Gasteiger partial charge in [-0.2, -0.15) is 0 Å². The van der Waals surface area contributed by atoms with Gasteiger partial charge < -0.3 is 14.3 Å². The first-order chi connectivity index (χ1) is 14.5. The monoisotopic (exact) mass is 410 g/mol. The molecule has 2 rings (SSSR count). The van der Waals surface area contributed by atoms with Crippen molar-refractivity contribution in [2.45, 2.75) is 45.4 Å². The third-order valence-corrected chi connectivity index (χ3v) is 5.49. The summed E-state index contributed by atoms with van der Waals surface area (Å²) in [6.45, 7) is 2.14. The van der Waals surface area contributed by atoms with E-state index in [0.29, 0.717) is 17.5 Å². The van der Waals surface area contributed by atoms with Gasteiger partial charge in [0.2, 0.25) is 0 Å². The molecule has 0 N–H and O–H groups in total. The Morgan fingerprint density at radius 2 is 1.27 bits per heavy atom. The highest BCUT2D eigenvalue weighted by Gasteiger charge is 2.30. The summed E-state index contributed by atoms with van der Waals surface area (Å²) in [6, 6.07) is 14.8. The molecule has 0 bridgehead atoms. The van der Waals surface area contributed by atoms with Crippen LogP contribution in [0.25, 0.3) is 0 Å². The predicted octanol–water partition coefficient (Wildman–Crippen LogP) is 4.81. The van der Waals surface area contributed by atoms with Gasteiger partial charge in [-0.15, -0.1) is 0 Å². The number of rotatable bonds is 11. The Labute approximate surface area is 178 Å². The number of hydrogen-bond donors (Lipinski definition) is 0. The van der Waals surface area contributed by atoms with Crippen molar-refractivity contribution in [3.05, 3.63) is 70.8 Å². The Kier molecular flexibility index (Phi) is 8.78. The molecule has 2 aromatic rings. The van der Waals surface area contributed by atoms with Gasteiger partial charge in [-0.3, -0.25) is 0 Å². The zero-order valence-corrected chi connectivity index (χ0v) is 18.0. The van der Waals surface area contributed by atoms with Gasteiger partial charge in [0.05, 0.1) is 25.3 Å². The first-order valence-electron chi connectivity index (χ1n) is 10.2. The maximum atomic E-state index is 11.7. The van der Waals surface area contributed by atoms with Crippen molar-refractivity contribution in [3.8, 4) is 0 Å². The van der Waals surface area contributed by atoms with Gasteiger partial charge in [0.15, 0.2) is 0 Å². The number of aldehydes is 1. The third-order valence-electron chi connectivity index (χ3n) is 5.49. The first kappa shape index (κ1) is 23.3. The summed E-state index contributed by atoms with van der Waals surface area (Å²) in [5.41, 5.74) is 2.94. The van der Waals surface area contributed by atoms with E-state index in [2.05, 4.69) is 6.92 Å². The predicted molar refractivity (Wildman–Crippen MR) is 116 cm³/mol. The summed E-state index contributed by atoms with van der Waals surface area (Å²) < 4.78 is 9.53. The van der Waals surface area contributed by atoms with E-state index in [1.54, 1.807) is 24.3 Å². The largest absolute Gasteiger partial charge is 0.465 e. The lowest BCUT2D eigenvalue weighted by Gasteiger charge is -2.33. The summed E-state index contributed by atoms with van der Waals surface area (Å²) in [7, 11) is 2.73. The van der Waals surface area contributed by atoms with E-state index in [0.717, 1.165) is 49.5 Å². The van der Waals surface area contributed by atoms with Crippen molar-refractivity contribution in [1.29, 1.82) is 0 Å². The number of carbonyl (C=O) groups is 3. The van der Waals surface area contributed by atoms with Gasteiger partial charge in [0, 0.05) is 6.42 Å². The van der Waals surface area contributed by atoms with Crippen LogP contribution < -0.4 is 0 Å². The van der Waals surface area contributed by atoms with Crippen molar-refractivity contribution in [3.63, 3.8) is 0 Å². The number of hydrogen-bond acceptors (Lipinski definition) is 5. The molecule has 0 aliphatic rings. The smallest absolute Gasteiger partial charge is 0.337 e. The molecule has 0 atom stereocenters. The first-order valence-corrected chi connectivity index (χ1v) is 10.2. The van der Waals surface area contributed by atoms with Crippen LogP contribution in [0.15, 0.2) is 48.5 Å². The summed E-state index contributed by atoms with van der Waals surface area (Å²) >= 11 is 0. The molecule has 5 heteroatoms. The minimum atomic E-state index is -0.364. The molecule has 5 nitrogen and oxygen atoms in total. The molecule has 0 saturated heterocycles. The van der Waals surface area contributed by atoms with Gasteiger partial charge in [-0.25, -0.2) is 9.59 Å². The zero-order valence-electron chi connectivity index (χ0n) is 18.0. The van der Waals surface area contributed by atoms with Crippen LogP contribution in [0.4, 0.5) is 0 Å². The molecule has 0 fully saturated rings. The summed E-state index contributed by atoms with van der Waals surface area (Å²) in [5, 5.41) is 0. The minimum absolute atomic E-state index is 0.225. The normalized spacial score (nSPS) is 11.0. The fourth-order valence-corrected chi connectivity index (χ4v) is 3.83. The van der Waals surface area contributed by atoms with E-state index in [4.69, 9.17) is 9.47 Å². The molecule has 0 unspecified atom stereocenters. The SMILES string of the molecule is CCCCC(CC=O)(Cc1ccc(C(=O)OC)cc1)Cc1ccc(C(=O)OC)cc1. The molecule has 0 radical (unpaired) electrons. The van der Waals surface area contributed by atoms with Gasteiger partial charge in [-0.05, 0) is 60.1 Å². The number of carbonyl (C=O) groups excluding carboxylic acids is 3. The van der Waals surface area contributed by atoms with E-state index in [1.807, 2.05) is 24.3 Å². The topological polar surface area (TPSA) is 69.7 Å². The maximum Gasteiger partial charge on any atom is 0.337 e. The van der Waals surface area contributed by atoms with Gasteiger partial charge in [0.25, 0.3) is 0 Å². The summed E-state index contributed by atoms with van der Waals surface area (Å²) in [6.07, 6.45) is 5.89. The molecular weight excluding hydrogens is 380 g/mol. The molecule has 30 heavy (non-hydrogen) atoms. The van der Waals surface area contributed by atoms with Crippen molar-refractivity contribution >= 4 is 18.2 Å². The number of benzene rings is 2. The average molecular weight is 411 g/mol. The number of unbranched alkanes of at least 4 members (excludes halogenated alkanes) is 1. The van der Waals surface area contributed by atoms with Crippen molar-refractivity contribution < 1.29 is 23.9 Å². The highest BCUT2D eigenvalue weighted by atomic mass is 16.5. The third kappa shape index (κ3) is 6.28. The molecule has 0 aliphatic carbocycles. The molecule has 0 amide bonds. The van der Waals surface area contributed by atoms with Crippen molar-refractivity contribution in [2.24, 2.45) is 5.41 Å². The minimum Gasteiger partial charge on any atom is -0.465 e. The summed E-state index contributed by atoms with van der Waals surface area (Å²) in [5.74, 6) is -0.727. The fraction of sp³-hybridized carbons (Fsp3) is 0.400. The van der Waals surface area contributed by atoms with Crippen LogP contribution in [0.3, 0.4) is 0 Å². The lowest BCUT2D eigenvalue weighted by atomic mass is 9.71. The number of ether oxygens (including phenoxy) is 2. The van der Waals surface area contributed by atoms with Crippen LogP contribution in [0, 0.1) is 5.41 Å². The quantitative estimate of drug-likeness (QED) is 0.393. The van der Waals surface area contributed by atoms with Crippen LogP contribution in [0.5, 0.6) is 0 Å². The van der Waals surface area contributed by atoms with E-state index >= 15 is 0 Å². The molecule has 0 saturated carbocycles. The van der Waals surface area contributed by atoms with E-state index < -0.39 is 0 Å². The van der Waals surface area contributed by atoms with Gasteiger partial charge in [-0.1, -0.05) is 44.0 Å². The Hall–Kier alpha value is -2.95. The van der Waals surface area contributed by atoms with Gasteiger partial charge >= 0.3 is 11.9 Å². The Morgan fingerprint density at radius 3 is 1.60 bits per heavy atom. The molecule has 0 aromatic heterocycles. The second-order valence-electron chi connectivity index (χ2n) is 7.70. The van der Waals surface area contributed by atoms with E-state index in [1.165, 1.54) is 14.2 Å². The van der Waals surface area contributed by atoms with Crippen LogP contribution in [-0.2, 0) is 27.1 Å². The molecule has 0 heterocycles. The summed E-state index contributed by atoms with van der Waals surface area (Å²) in [4.78, 5) is 35.0. The molecular formula is C25H30O5. The Bertz CT molecular complexity index is 775. The maximum absolute atomic E-state index is 11.7. The lowest BCUT2D eigenvalue weighted by Crippen LogP contribution is -2.27. The second kappa shape index (κ2) is 11.3. The average Bonchev–Trinajstić information content (AvgIpc) is 2.78. The molecule has 160 valence electrons. The molecule has 0 spiro atoms. The lowest BCUT2D eigenvalue weighted by molar-refractivity contribution is -0.110.